The van der Waals surface area contributed by atoms with E-state index in [2.05, 4.69) is 32.8 Å². The summed E-state index contributed by atoms with van der Waals surface area (Å²) in [6.45, 7) is 5.74. The Labute approximate surface area is 180 Å². The van der Waals surface area contributed by atoms with Gasteiger partial charge >= 0.3 is 6.03 Å². The van der Waals surface area contributed by atoms with Crippen LogP contribution in [0.2, 0.25) is 0 Å². The number of nitrogens with one attached hydrogen (secondary N) is 4. The van der Waals surface area contributed by atoms with Crippen molar-refractivity contribution in [3.63, 3.8) is 0 Å². The Morgan fingerprint density at radius 3 is 2.87 bits per heavy atom. The Morgan fingerprint density at radius 1 is 1.29 bits per heavy atom. The molecule has 164 valence electrons. The zero-order valence-electron chi connectivity index (χ0n) is 17.3. The van der Waals surface area contributed by atoms with E-state index in [4.69, 9.17) is 5.73 Å². The number of nitrogens with zero attached hydrogens (tertiary/aromatic N) is 1. The summed E-state index contributed by atoms with van der Waals surface area (Å²) in [5, 5.41) is 12.0. The van der Waals surface area contributed by atoms with Crippen LogP contribution >= 0.6 is 0 Å². The highest BCUT2D eigenvalue weighted by molar-refractivity contribution is 5.80. The Balaban J connectivity index is 1.64. The van der Waals surface area contributed by atoms with E-state index in [1.807, 2.05) is 24.3 Å². The van der Waals surface area contributed by atoms with Crippen LogP contribution in [-0.2, 0) is 11.3 Å². The fourth-order valence-corrected chi connectivity index (χ4v) is 5.04. The molecule has 0 spiro atoms. The second kappa shape index (κ2) is 8.41. The Kier molecular flexibility index (Phi) is 5.67. The van der Waals surface area contributed by atoms with Gasteiger partial charge in [0, 0.05) is 35.9 Å². The number of primary amides is 1. The van der Waals surface area contributed by atoms with E-state index in [-0.39, 0.29) is 41.5 Å². The van der Waals surface area contributed by atoms with Crippen LogP contribution in [0, 0.1) is 17.8 Å². The summed E-state index contributed by atoms with van der Waals surface area (Å²) < 4.78 is 14.7. The molecule has 0 aromatic heterocycles. The second-order valence-corrected chi connectivity index (χ2v) is 8.43. The maximum absolute atomic E-state index is 14.7. The lowest BCUT2D eigenvalue weighted by Crippen LogP contribution is -2.55. The molecule has 1 aromatic rings. The summed E-state index contributed by atoms with van der Waals surface area (Å²) in [5.74, 6) is -1.08. The topological polar surface area (TPSA) is 121 Å². The Hall–Kier alpha value is -3.36. The molecule has 8 nitrogen and oxygen atoms in total. The van der Waals surface area contributed by atoms with Gasteiger partial charge in [-0.2, -0.15) is 0 Å². The first-order valence-corrected chi connectivity index (χ1v) is 10.4. The van der Waals surface area contributed by atoms with Gasteiger partial charge in [-0.3, -0.25) is 4.79 Å². The smallest absolute Gasteiger partial charge is 0.315 e. The number of hydrogen-bond acceptors (Lipinski definition) is 5. The molecule has 5 atom stereocenters. The molecule has 1 aromatic carbocycles. The van der Waals surface area contributed by atoms with Crippen molar-refractivity contribution in [2.45, 2.75) is 38.4 Å². The van der Waals surface area contributed by atoms with Crippen molar-refractivity contribution < 1.29 is 14.0 Å². The molecule has 9 heteroatoms. The van der Waals surface area contributed by atoms with Gasteiger partial charge in [-0.1, -0.05) is 18.7 Å². The van der Waals surface area contributed by atoms with Gasteiger partial charge in [0.1, 0.15) is 5.82 Å². The van der Waals surface area contributed by atoms with Crippen molar-refractivity contribution in [2.24, 2.45) is 28.5 Å². The molecule has 2 saturated carbocycles. The zero-order chi connectivity index (χ0) is 22.1. The number of amides is 3. The Morgan fingerprint density at radius 2 is 2.10 bits per heavy atom. The first kappa shape index (κ1) is 20.9. The standard InChI is InChI=1S/C22H27FN6O2/c1-11-17(23)10-25-12(2)28-15-5-3-4-13(6-15)9-26-22(31)29-18-8-14-7-16(18)20(27-11)19(14)21(24)30/h3-6,10,14,16,18-20,27-28H,2,7-9H2,1H3,(H2,24,30)(H2,26,29,31)/b17-11-,25-10?. The molecule has 5 unspecified atom stereocenters. The van der Waals surface area contributed by atoms with Gasteiger partial charge in [0.05, 0.1) is 12.1 Å². The minimum absolute atomic E-state index is 0.0245. The predicted molar refractivity (Wildman–Crippen MR) is 116 cm³/mol. The van der Waals surface area contributed by atoms with Crippen LogP contribution < -0.4 is 27.0 Å². The van der Waals surface area contributed by atoms with E-state index < -0.39 is 17.7 Å². The van der Waals surface area contributed by atoms with Gasteiger partial charge in [0.25, 0.3) is 0 Å². The highest BCUT2D eigenvalue weighted by atomic mass is 19.1. The van der Waals surface area contributed by atoms with Crippen molar-refractivity contribution >= 4 is 23.8 Å². The summed E-state index contributed by atoms with van der Waals surface area (Å²) in [5.41, 5.74) is 7.54. The maximum atomic E-state index is 14.7. The maximum Gasteiger partial charge on any atom is 0.315 e. The number of rotatable bonds is 1. The summed E-state index contributed by atoms with van der Waals surface area (Å²) >= 11 is 0. The van der Waals surface area contributed by atoms with Gasteiger partial charge in [-0.25, -0.2) is 14.2 Å². The number of urea groups is 1. The number of anilines is 1. The Bertz CT molecular complexity index is 975. The van der Waals surface area contributed by atoms with Crippen LogP contribution in [0.25, 0.3) is 0 Å². The average molecular weight is 426 g/mol. The molecule has 1 aliphatic heterocycles. The highest BCUT2D eigenvalue weighted by Gasteiger charge is 2.55. The average Bonchev–Trinajstić information content (AvgIpc) is 3.28. The lowest BCUT2D eigenvalue weighted by molar-refractivity contribution is -0.124. The van der Waals surface area contributed by atoms with Gasteiger partial charge < -0.3 is 27.0 Å². The van der Waals surface area contributed by atoms with Crippen LogP contribution in [0.1, 0.15) is 25.3 Å². The largest absolute Gasteiger partial charge is 0.382 e. The lowest BCUT2D eigenvalue weighted by atomic mass is 9.81. The molecule has 0 saturated heterocycles. The minimum atomic E-state index is -0.561. The molecule has 6 N–H and O–H groups in total. The van der Waals surface area contributed by atoms with Crippen molar-refractivity contribution in [2.75, 3.05) is 5.32 Å². The summed E-state index contributed by atoms with van der Waals surface area (Å²) in [4.78, 5) is 28.7. The number of hydrogen-bond donors (Lipinski definition) is 5. The van der Waals surface area contributed by atoms with Gasteiger partial charge in [0.15, 0.2) is 5.83 Å². The number of carbonyl (C=O) groups excluding carboxylic acids is 2. The van der Waals surface area contributed by atoms with Gasteiger partial charge in [0.2, 0.25) is 5.91 Å². The van der Waals surface area contributed by atoms with Crippen LogP contribution in [-0.4, -0.2) is 30.2 Å². The van der Waals surface area contributed by atoms with E-state index in [9.17, 15) is 14.0 Å². The van der Waals surface area contributed by atoms with E-state index >= 15 is 0 Å². The predicted octanol–water partition coefficient (Wildman–Crippen LogP) is 2.12. The third kappa shape index (κ3) is 4.40. The molecule has 2 aliphatic carbocycles. The number of benzene rings is 1. The van der Waals surface area contributed by atoms with Gasteiger partial charge in [-0.15, -0.1) is 0 Å². The van der Waals surface area contributed by atoms with E-state index in [0.717, 1.165) is 23.9 Å². The quantitative estimate of drug-likeness (QED) is 0.472. The monoisotopic (exact) mass is 426 g/mol. The van der Waals surface area contributed by atoms with Crippen molar-refractivity contribution in [1.29, 1.82) is 0 Å². The number of carbonyl (C=O) groups is 2. The number of allylic oxidation sites excluding steroid dienone is 2. The summed E-state index contributed by atoms with van der Waals surface area (Å²) in [6, 6.07) is 6.69. The molecular formula is C22H27FN6O2. The third-order valence-corrected chi connectivity index (χ3v) is 6.39. The van der Waals surface area contributed by atoms with E-state index in [1.54, 1.807) is 6.92 Å². The van der Waals surface area contributed by atoms with Crippen LogP contribution in [0.3, 0.4) is 0 Å². The molecule has 3 amide bonds. The SMILES string of the molecule is C=C1N=C/C(F)=C(\C)NC2C3CC(CC3NC(=O)NCc3cccc(c3)N1)C2C(N)=O. The number of nitrogens with two attached hydrogens (primary N) is 1. The normalized spacial score (nSPS) is 33.0. The van der Waals surface area contributed by atoms with Crippen molar-refractivity contribution in [3.05, 3.63) is 53.8 Å². The first-order valence-electron chi connectivity index (χ1n) is 10.4. The first-order chi connectivity index (χ1) is 14.8. The van der Waals surface area contributed by atoms with E-state index in [1.165, 1.54) is 0 Å². The molecular weight excluding hydrogens is 399 g/mol. The van der Waals surface area contributed by atoms with E-state index in [0.29, 0.717) is 13.0 Å². The number of fused-ring (bicyclic) bond motifs is 3. The van der Waals surface area contributed by atoms with Gasteiger partial charge in [-0.05, 0) is 43.4 Å². The molecule has 4 rings (SSSR count). The summed E-state index contributed by atoms with van der Waals surface area (Å²) in [6.07, 6.45) is 2.52. The molecule has 3 aliphatic rings. The second-order valence-electron chi connectivity index (χ2n) is 8.43. The minimum Gasteiger partial charge on any atom is -0.382 e. The van der Waals surface area contributed by atoms with Crippen molar-refractivity contribution in [3.8, 4) is 0 Å². The van der Waals surface area contributed by atoms with Crippen LogP contribution in [0.15, 0.2) is 53.2 Å². The number of aliphatic imine (C=N–C) groups is 1. The van der Waals surface area contributed by atoms with Crippen molar-refractivity contribution in [1.82, 2.24) is 16.0 Å². The third-order valence-electron chi connectivity index (χ3n) is 6.39. The molecule has 1 heterocycles. The highest BCUT2D eigenvalue weighted by Crippen LogP contribution is 2.49. The fourth-order valence-electron chi connectivity index (χ4n) is 5.04. The van der Waals surface area contributed by atoms with Crippen LogP contribution in [0.4, 0.5) is 14.9 Å². The van der Waals surface area contributed by atoms with Crippen LogP contribution in [0.5, 0.6) is 0 Å². The fraction of sp³-hybridized carbons (Fsp3) is 0.409. The molecule has 2 fully saturated rings. The lowest BCUT2D eigenvalue weighted by Gasteiger charge is -2.36. The summed E-state index contributed by atoms with van der Waals surface area (Å²) in [7, 11) is 0. The molecule has 4 bridgehead atoms. The molecule has 0 radical (unpaired) electrons. The number of halogens is 1. The zero-order valence-corrected chi connectivity index (χ0v) is 17.3. The molecule has 31 heavy (non-hydrogen) atoms.